The van der Waals surface area contributed by atoms with E-state index < -0.39 is 12.7 Å². The predicted molar refractivity (Wildman–Crippen MR) is 99.6 cm³/mol. The summed E-state index contributed by atoms with van der Waals surface area (Å²) in [6.07, 6.45) is 2.60. The van der Waals surface area contributed by atoms with Gasteiger partial charge in [0.2, 0.25) is 0 Å². The second-order valence-corrected chi connectivity index (χ2v) is 7.03. The molecule has 1 aromatic heterocycles. The van der Waals surface area contributed by atoms with Crippen LogP contribution in [0.3, 0.4) is 0 Å². The third-order valence-corrected chi connectivity index (χ3v) is 4.51. The van der Waals surface area contributed by atoms with Crippen LogP contribution >= 0.6 is 0 Å². The number of hydrogen-bond acceptors (Lipinski definition) is 5. The molecule has 0 bridgehead atoms. The quantitative estimate of drug-likeness (QED) is 0.557. The highest BCUT2D eigenvalue weighted by Gasteiger charge is 2.30. The number of hydrogen-bond donors (Lipinski definition) is 1. The lowest BCUT2D eigenvalue weighted by Crippen LogP contribution is -2.44. The summed E-state index contributed by atoms with van der Waals surface area (Å²) in [5.41, 5.74) is 1.13. The molecule has 0 radical (unpaired) electrons. The lowest BCUT2D eigenvalue weighted by atomic mass is 9.76. The maximum absolute atomic E-state index is 10.4. The molecule has 2 rings (SSSR count). The van der Waals surface area contributed by atoms with Crippen molar-refractivity contribution < 1.29 is 14.4 Å². The van der Waals surface area contributed by atoms with Gasteiger partial charge in [-0.05, 0) is 31.6 Å². The number of aromatic nitrogens is 3. The fourth-order valence-corrected chi connectivity index (χ4v) is 2.23. The van der Waals surface area contributed by atoms with E-state index in [2.05, 4.69) is 23.9 Å². The van der Waals surface area contributed by atoms with E-state index in [1.165, 1.54) is 0 Å². The molecule has 0 saturated heterocycles. The smallest absolute Gasteiger partial charge is 0.423 e. The summed E-state index contributed by atoms with van der Waals surface area (Å²) in [6, 6.07) is 7.53. The van der Waals surface area contributed by atoms with Gasteiger partial charge in [-0.3, -0.25) is 4.68 Å². The molecule has 6 nitrogen and oxygen atoms in total. The molecule has 2 aromatic rings. The molecule has 0 amide bonds. The van der Waals surface area contributed by atoms with Gasteiger partial charge in [0.25, 0.3) is 0 Å². The van der Waals surface area contributed by atoms with Gasteiger partial charge in [0.15, 0.2) is 5.82 Å². The van der Waals surface area contributed by atoms with Crippen LogP contribution in [0.25, 0.3) is 11.4 Å². The normalized spacial score (nSPS) is 12.0. The van der Waals surface area contributed by atoms with Gasteiger partial charge in [0.1, 0.15) is 6.33 Å². The molecular weight excluding hydrogens is 317 g/mol. The van der Waals surface area contributed by atoms with Gasteiger partial charge in [-0.1, -0.05) is 38.1 Å². The van der Waals surface area contributed by atoms with Gasteiger partial charge in [0.05, 0.1) is 5.60 Å². The number of benzene rings is 1. The first-order chi connectivity index (χ1) is 11.8. The standard InChI is InChI=1S/C18H28BN3O3/c1-14(2)18(3,4)25-19(23)16-9-6-8-15(12-16)17-20-13-22(21-17)10-7-11-24-5/h6,8-9,12-14,23H,7,10-11H2,1-5H3. The van der Waals surface area contributed by atoms with Gasteiger partial charge in [-0.25, -0.2) is 4.98 Å². The second-order valence-electron chi connectivity index (χ2n) is 7.03. The van der Waals surface area contributed by atoms with Crippen molar-refractivity contribution in [1.82, 2.24) is 14.8 Å². The van der Waals surface area contributed by atoms with Crippen molar-refractivity contribution in [2.75, 3.05) is 13.7 Å². The summed E-state index contributed by atoms with van der Waals surface area (Å²) in [5.74, 6) is 0.921. The topological polar surface area (TPSA) is 69.4 Å². The SMILES string of the molecule is COCCCn1cnc(-c2cccc(B(O)OC(C)(C)C(C)C)c2)n1. The molecule has 0 fully saturated rings. The number of aryl methyl sites for hydroxylation is 1. The summed E-state index contributed by atoms with van der Waals surface area (Å²) in [5, 5.41) is 14.9. The molecule has 0 atom stereocenters. The van der Waals surface area contributed by atoms with E-state index in [1.54, 1.807) is 18.1 Å². The van der Waals surface area contributed by atoms with Crippen molar-refractivity contribution in [3.05, 3.63) is 30.6 Å². The Labute approximate surface area is 150 Å². The number of rotatable bonds is 9. The highest BCUT2D eigenvalue weighted by atomic mass is 16.5. The summed E-state index contributed by atoms with van der Waals surface area (Å²) in [4.78, 5) is 4.36. The maximum Gasteiger partial charge on any atom is 0.491 e. The third-order valence-electron chi connectivity index (χ3n) is 4.51. The molecular formula is C18H28BN3O3. The van der Waals surface area contributed by atoms with Crippen LogP contribution < -0.4 is 5.46 Å². The van der Waals surface area contributed by atoms with E-state index in [0.29, 0.717) is 17.9 Å². The molecule has 0 spiro atoms. The lowest BCUT2D eigenvalue weighted by Gasteiger charge is -2.31. The summed E-state index contributed by atoms with van der Waals surface area (Å²) in [7, 11) is 0.702. The molecule has 7 heteroatoms. The highest BCUT2D eigenvalue weighted by Crippen LogP contribution is 2.21. The first kappa shape index (κ1) is 19.6. The molecule has 136 valence electrons. The van der Waals surface area contributed by atoms with Crippen LogP contribution in [-0.4, -0.2) is 46.2 Å². The van der Waals surface area contributed by atoms with Gasteiger partial charge >= 0.3 is 7.12 Å². The largest absolute Gasteiger partial charge is 0.491 e. The average molecular weight is 345 g/mol. The molecule has 0 saturated carbocycles. The zero-order chi connectivity index (χ0) is 18.4. The number of ether oxygens (including phenoxy) is 1. The monoisotopic (exact) mass is 345 g/mol. The highest BCUT2D eigenvalue weighted by molar-refractivity contribution is 6.60. The number of nitrogens with zero attached hydrogens (tertiary/aromatic N) is 3. The summed E-state index contributed by atoms with van der Waals surface area (Å²) >= 11 is 0. The minimum absolute atomic E-state index is 0.287. The first-order valence-corrected chi connectivity index (χ1v) is 8.68. The van der Waals surface area contributed by atoms with Crippen LogP contribution in [0.5, 0.6) is 0 Å². The lowest BCUT2D eigenvalue weighted by molar-refractivity contribution is 0.0423. The first-order valence-electron chi connectivity index (χ1n) is 8.68. The average Bonchev–Trinajstić information content (AvgIpc) is 3.03. The molecule has 0 aliphatic carbocycles. The van der Waals surface area contributed by atoms with E-state index in [0.717, 1.165) is 18.5 Å². The van der Waals surface area contributed by atoms with Crippen molar-refractivity contribution in [1.29, 1.82) is 0 Å². The Bertz CT molecular complexity index is 673. The maximum atomic E-state index is 10.4. The molecule has 25 heavy (non-hydrogen) atoms. The molecule has 1 aromatic carbocycles. The Hall–Kier alpha value is -1.70. The van der Waals surface area contributed by atoms with Crippen LogP contribution in [0, 0.1) is 5.92 Å². The zero-order valence-corrected chi connectivity index (χ0v) is 15.8. The second kappa shape index (κ2) is 8.60. The fraction of sp³-hybridized carbons (Fsp3) is 0.556. The van der Waals surface area contributed by atoms with Crippen LogP contribution in [0.15, 0.2) is 30.6 Å². The minimum atomic E-state index is -0.985. The Morgan fingerprint density at radius 3 is 2.76 bits per heavy atom. The zero-order valence-electron chi connectivity index (χ0n) is 15.8. The fourth-order valence-electron chi connectivity index (χ4n) is 2.23. The molecule has 0 aliphatic heterocycles. The van der Waals surface area contributed by atoms with Gasteiger partial charge < -0.3 is 14.4 Å². The van der Waals surface area contributed by atoms with Crippen LogP contribution in [0.1, 0.15) is 34.1 Å². The minimum Gasteiger partial charge on any atom is -0.423 e. The summed E-state index contributed by atoms with van der Waals surface area (Å²) in [6.45, 7) is 9.56. The predicted octanol–water partition coefficient (Wildman–Crippen LogP) is 2.12. The van der Waals surface area contributed by atoms with Crippen molar-refractivity contribution in [2.24, 2.45) is 5.92 Å². The summed E-state index contributed by atoms with van der Waals surface area (Å²) < 4.78 is 12.7. The Balaban J connectivity index is 2.10. The van der Waals surface area contributed by atoms with Gasteiger partial charge in [-0.2, -0.15) is 5.10 Å². The van der Waals surface area contributed by atoms with E-state index in [-0.39, 0.29) is 5.92 Å². The van der Waals surface area contributed by atoms with Gasteiger partial charge in [-0.15, -0.1) is 0 Å². The Morgan fingerprint density at radius 2 is 2.08 bits per heavy atom. The molecule has 1 N–H and O–H groups in total. The van der Waals surface area contributed by atoms with Crippen LogP contribution in [0.2, 0.25) is 0 Å². The van der Waals surface area contributed by atoms with Crippen LogP contribution in [-0.2, 0) is 15.9 Å². The van der Waals surface area contributed by atoms with E-state index in [4.69, 9.17) is 9.39 Å². The molecule has 1 heterocycles. The van der Waals surface area contributed by atoms with Crippen molar-refractivity contribution in [2.45, 2.75) is 46.3 Å². The third kappa shape index (κ3) is 5.39. The Morgan fingerprint density at radius 1 is 1.32 bits per heavy atom. The molecule has 0 aliphatic rings. The van der Waals surface area contributed by atoms with Gasteiger partial charge in [0, 0.05) is 25.8 Å². The van der Waals surface area contributed by atoms with E-state index >= 15 is 0 Å². The van der Waals surface area contributed by atoms with Crippen molar-refractivity contribution in [3.63, 3.8) is 0 Å². The number of methoxy groups -OCH3 is 1. The van der Waals surface area contributed by atoms with Crippen LogP contribution in [0.4, 0.5) is 0 Å². The van der Waals surface area contributed by atoms with E-state index in [1.807, 2.05) is 38.1 Å². The van der Waals surface area contributed by atoms with Crippen molar-refractivity contribution in [3.8, 4) is 11.4 Å². The molecule has 0 unspecified atom stereocenters. The van der Waals surface area contributed by atoms with Crippen molar-refractivity contribution >= 4 is 12.6 Å². The van der Waals surface area contributed by atoms with E-state index in [9.17, 15) is 5.02 Å². The Kier molecular flexibility index (Phi) is 6.75.